The number of nitrogens with one attached hydrogen (secondary N) is 1. The maximum absolute atomic E-state index is 11.8. The Kier molecular flexibility index (Phi) is 3.89. The van der Waals surface area contributed by atoms with Gasteiger partial charge in [0.25, 0.3) is 0 Å². The van der Waals surface area contributed by atoms with Crippen LogP contribution in [0.3, 0.4) is 0 Å². The predicted molar refractivity (Wildman–Crippen MR) is 80.6 cm³/mol. The van der Waals surface area contributed by atoms with E-state index in [1.807, 2.05) is 12.1 Å². The van der Waals surface area contributed by atoms with Crippen LogP contribution in [0.1, 0.15) is 50.0 Å². The number of carbonyl (C=O) groups is 1. The molecule has 0 spiro atoms. The fourth-order valence-corrected chi connectivity index (χ4v) is 2.80. The quantitative estimate of drug-likeness (QED) is 0.759. The molecule has 3 rings (SSSR count). The van der Waals surface area contributed by atoms with Crippen molar-refractivity contribution < 1.29 is 14.3 Å². The molecule has 2 aliphatic carbocycles. The van der Waals surface area contributed by atoms with Gasteiger partial charge in [0.05, 0.1) is 0 Å². The van der Waals surface area contributed by atoms with E-state index in [1.165, 1.54) is 12.5 Å². The standard InChI is InChI=1S/C17H23NO3/c1-12-10-14(12)15-4-2-13(21-15)3-5-16(20)18-11-17(6-7-17)8-9-19/h2-5,12,14,19H,6-11H2,1H3,(H,18,20)/b5-3+. The Morgan fingerprint density at radius 3 is 2.90 bits per heavy atom. The van der Waals surface area contributed by atoms with E-state index in [0.29, 0.717) is 12.5 Å². The number of aliphatic hydroxyl groups is 1. The van der Waals surface area contributed by atoms with Gasteiger partial charge in [-0.2, -0.15) is 0 Å². The molecule has 1 aromatic heterocycles. The molecule has 0 saturated heterocycles. The second-order valence-electron chi connectivity index (χ2n) is 6.58. The third-order valence-electron chi connectivity index (χ3n) is 4.76. The molecule has 0 aliphatic heterocycles. The maximum atomic E-state index is 11.8. The number of amides is 1. The van der Waals surface area contributed by atoms with Crippen molar-refractivity contribution in [3.63, 3.8) is 0 Å². The molecule has 2 fully saturated rings. The average Bonchev–Trinajstić information content (AvgIpc) is 3.35. The third kappa shape index (κ3) is 3.56. The highest BCUT2D eigenvalue weighted by Gasteiger charge is 2.41. The largest absolute Gasteiger partial charge is 0.461 e. The van der Waals surface area contributed by atoms with Crippen LogP contribution in [0, 0.1) is 11.3 Å². The first kappa shape index (κ1) is 14.4. The van der Waals surface area contributed by atoms with E-state index in [1.54, 1.807) is 6.08 Å². The lowest BCUT2D eigenvalue weighted by molar-refractivity contribution is -0.116. The molecule has 21 heavy (non-hydrogen) atoms. The summed E-state index contributed by atoms with van der Waals surface area (Å²) in [6, 6.07) is 3.92. The molecule has 1 heterocycles. The third-order valence-corrected chi connectivity index (χ3v) is 4.76. The minimum absolute atomic E-state index is 0.100. The van der Waals surface area contributed by atoms with E-state index in [9.17, 15) is 4.79 Å². The van der Waals surface area contributed by atoms with Crippen molar-refractivity contribution in [1.29, 1.82) is 0 Å². The number of aliphatic hydroxyl groups excluding tert-OH is 1. The van der Waals surface area contributed by atoms with Crippen molar-refractivity contribution in [1.82, 2.24) is 5.32 Å². The summed E-state index contributed by atoms with van der Waals surface area (Å²) >= 11 is 0. The maximum Gasteiger partial charge on any atom is 0.244 e. The molecule has 2 unspecified atom stereocenters. The van der Waals surface area contributed by atoms with Crippen molar-refractivity contribution in [2.75, 3.05) is 13.2 Å². The SMILES string of the molecule is CC1CC1c1ccc(/C=C/C(=O)NCC2(CCO)CC2)o1. The summed E-state index contributed by atoms with van der Waals surface area (Å²) in [7, 11) is 0. The highest BCUT2D eigenvalue weighted by molar-refractivity contribution is 5.91. The lowest BCUT2D eigenvalue weighted by atomic mass is 10.0. The molecule has 1 amide bonds. The normalized spacial score (nSPS) is 26.0. The van der Waals surface area contributed by atoms with Gasteiger partial charge in [0.2, 0.25) is 5.91 Å². The molecule has 4 heteroatoms. The van der Waals surface area contributed by atoms with Crippen molar-refractivity contribution in [2.24, 2.45) is 11.3 Å². The second kappa shape index (κ2) is 5.68. The summed E-state index contributed by atoms with van der Waals surface area (Å²) in [4.78, 5) is 11.8. The molecular formula is C17H23NO3. The van der Waals surface area contributed by atoms with Crippen LogP contribution < -0.4 is 5.32 Å². The molecule has 2 N–H and O–H groups in total. The van der Waals surface area contributed by atoms with Gasteiger partial charge in [-0.05, 0) is 55.2 Å². The van der Waals surface area contributed by atoms with Gasteiger partial charge in [-0.1, -0.05) is 6.92 Å². The molecule has 4 nitrogen and oxygen atoms in total. The lowest BCUT2D eigenvalue weighted by Crippen LogP contribution is -2.29. The average molecular weight is 289 g/mol. The minimum Gasteiger partial charge on any atom is -0.461 e. The van der Waals surface area contributed by atoms with Gasteiger partial charge in [0.1, 0.15) is 11.5 Å². The molecule has 0 radical (unpaired) electrons. The van der Waals surface area contributed by atoms with Crippen LogP contribution in [0.25, 0.3) is 6.08 Å². The van der Waals surface area contributed by atoms with Crippen molar-refractivity contribution >= 4 is 12.0 Å². The van der Waals surface area contributed by atoms with E-state index in [2.05, 4.69) is 12.2 Å². The monoisotopic (exact) mass is 289 g/mol. The summed E-state index contributed by atoms with van der Waals surface area (Å²) in [6.45, 7) is 3.07. The van der Waals surface area contributed by atoms with E-state index in [-0.39, 0.29) is 17.9 Å². The summed E-state index contributed by atoms with van der Waals surface area (Å²) in [5.74, 6) is 2.95. The van der Waals surface area contributed by atoms with Crippen molar-refractivity contribution in [3.8, 4) is 0 Å². The Labute approximate surface area is 125 Å². The Balaban J connectivity index is 1.47. The van der Waals surface area contributed by atoms with Gasteiger partial charge in [0, 0.05) is 25.1 Å². The summed E-state index contributed by atoms with van der Waals surface area (Å²) in [5.41, 5.74) is 0.151. The van der Waals surface area contributed by atoms with Crippen molar-refractivity contribution in [3.05, 3.63) is 29.7 Å². The van der Waals surface area contributed by atoms with Gasteiger partial charge in [-0.25, -0.2) is 0 Å². The Hall–Kier alpha value is -1.55. The number of hydrogen-bond acceptors (Lipinski definition) is 3. The number of rotatable bonds is 7. The van der Waals surface area contributed by atoms with E-state index >= 15 is 0 Å². The van der Waals surface area contributed by atoms with Crippen LogP contribution in [-0.2, 0) is 4.79 Å². The number of furan rings is 1. The Morgan fingerprint density at radius 1 is 1.52 bits per heavy atom. The fraction of sp³-hybridized carbons (Fsp3) is 0.588. The highest BCUT2D eigenvalue weighted by Crippen LogP contribution is 2.48. The summed E-state index contributed by atoms with van der Waals surface area (Å²) in [6.07, 6.45) is 7.41. The molecule has 2 saturated carbocycles. The van der Waals surface area contributed by atoms with Gasteiger partial charge in [-0.15, -0.1) is 0 Å². The zero-order valence-electron chi connectivity index (χ0n) is 12.5. The molecule has 0 bridgehead atoms. The van der Waals surface area contributed by atoms with Crippen LogP contribution >= 0.6 is 0 Å². The molecule has 1 aromatic rings. The van der Waals surface area contributed by atoms with Gasteiger partial charge in [-0.3, -0.25) is 4.79 Å². The first-order chi connectivity index (χ1) is 10.1. The van der Waals surface area contributed by atoms with Gasteiger partial charge < -0.3 is 14.8 Å². The van der Waals surface area contributed by atoms with Crippen LogP contribution in [0.5, 0.6) is 0 Å². The second-order valence-corrected chi connectivity index (χ2v) is 6.58. The van der Waals surface area contributed by atoms with Gasteiger partial charge in [0.15, 0.2) is 0 Å². The number of carbonyl (C=O) groups excluding carboxylic acids is 1. The molecule has 2 atom stereocenters. The molecule has 0 aromatic carbocycles. The van der Waals surface area contributed by atoms with E-state index in [4.69, 9.17) is 9.52 Å². The summed E-state index contributed by atoms with van der Waals surface area (Å²) < 4.78 is 5.72. The topological polar surface area (TPSA) is 62.5 Å². The Morgan fingerprint density at radius 2 is 2.29 bits per heavy atom. The highest BCUT2D eigenvalue weighted by atomic mass is 16.3. The van der Waals surface area contributed by atoms with Crippen LogP contribution in [0.15, 0.2) is 22.6 Å². The fourth-order valence-electron chi connectivity index (χ4n) is 2.80. The molecule has 114 valence electrons. The van der Waals surface area contributed by atoms with E-state index < -0.39 is 0 Å². The zero-order valence-corrected chi connectivity index (χ0v) is 12.5. The van der Waals surface area contributed by atoms with E-state index in [0.717, 1.165) is 36.7 Å². The van der Waals surface area contributed by atoms with Crippen LogP contribution in [0.2, 0.25) is 0 Å². The predicted octanol–water partition coefficient (Wildman–Crippen LogP) is 2.70. The van der Waals surface area contributed by atoms with Crippen molar-refractivity contribution in [2.45, 2.75) is 38.5 Å². The van der Waals surface area contributed by atoms with Gasteiger partial charge >= 0.3 is 0 Å². The minimum atomic E-state index is -0.100. The molecular weight excluding hydrogens is 266 g/mol. The zero-order chi connectivity index (χ0) is 14.9. The smallest absolute Gasteiger partial charge is 0.244 e. The lowest BCUT2D eigenvalue weighted by Gasteiger charge is -2.13. The van der Waals surface area contributed by atoms with Crippen LogP contribution in [0.4, 0.5) is 0 Å². The summed E-state index contributed by atoms with van der Waals surface area (Å²) in [5, 5.41) is 11.9. The molecule has 2 aliphatic rings. The number of hydrogen-bond donors (Lipinski definition) is 2. The first-order valence-corrected chi connectivity index (χ1v) is 7.78. The van der Waals surface area contributed by atoms with Crippen LogP contribution in [-0.4, -0.2) is 24.2 Å². The Bertz CT molecular complexity index is 542. The first-order valence-electron chi connectivity index (χ1n) is 7.78.